The van der Waals surface area contributed by atoms with Gasteiger partial charge in [-0.15, -0.1) is 0 Å². The number of ketones is 1. The number of halogens is 1. The third-order valence-electron chi connectivity index (χ3n) is 2.06. The number of Topliss-reactive ketones (excluding diaryl/α,β-unsaturated/α-hetero) is 1. The summed E-state index contributed by atoms with van der Waals surface area (Å²) in [5, 5.41) is 10.2. The number of carbonyl (C=O) groups is 1. The Bertz CT molecular complexity index is 388. The molecule has 0 amide bonds. The first-order chi connectivity index (χ1) is 7.75. The van der Waals surface area contributed by atoms with E-state index < -0.39 is 16.4 Å². The Morgan fingerprint density at radius 3 is 2.47 bits per heavy atom. The molecule has 0 spiro atoms. The van der Waals surface area contributed by atoms with Gasteiger partial charge in [-0.2, -0.15) is 0 Å². The number of allylic oxidation sites excluding steroid dienone is 2. The van der Waals surface area contributed by atoms with Gasteiger partial charge in [-0.25, -0.2) is 4.39 Å². The standard InChI is InChI=1S/C11H15FN2O3/c1-8(14(16)17)7-11(12)10(3)13(4)6-5-9(2)15/h7H,1,3,5-6H2,2,4H3/b11-7+. The molecule has 0 aliphatic rings. The highest BCUT2D eigenvalue weighted by Gasteiger charge is 2.12. The number of likely N-dealkylation sites (N-methyl/N-ethyl adjacent to an activating group) is 1. The molecule has 17 heavy (non-hydrogen) atoms. The van der Waals surface area contributed by atoms with Crippen molar-refractivity contribution in [3.05, 3.63) is 46.6 Å². The maximum Gasteiger partial charge on any atom is 0.265 e. The number of rotatable bonds is 7. The second-order valence-electron chi connectivity index (χ2n) is 3.56. The van der Waals surface area contributed by atoms with Crippen LogP contribution in [0.2, 0.25) is 0 Å². The van der Waals surface area contributed by atoms with E-state index in [0.29, 0.717) is 12.6 Å². The first kappa shape index (κ1) is 15.0. The van der Waals surface area contributed by atoms with Gasteiger partial charge >= 0.3 is 0 Å². The second-order valence-corrected chi connectivity index (χ2v) is 3.56. The summed E-state index contributed by atoms with van der Waals surface area (Å²) in [5.74, 6) is -0.860. The molecule has 0 unspecified atom stereocenters. The molecule has 0 atom stereocenters. The highest BCUT2D eigenvalue weighted by atomic mass is 19.1. The van der Waals surface area contributed by atoms with Gasteiger partial charge in [-0.3, -0.25) is 14.9 Å². The zero-order chi connectivity index (χ0) is 13.6. The molecule has 0 saturated heterocycles. The SMILES string of the molecule is C=C(/C(F)=C\C(=C)[N+](=O)[O-])N(C)CCC(C)=O. The number of hydrogen-bond donors (Lipinski definition) is 0. The molecule has 0 aliphatic carbocycles. The van der Waals surface area contributed by atoms with Gasteiger partial charge in [0.1, 0.15) is 5.78 Å². The monoisotopic (exact) mass is 242 g/mol. The fourth-order valence-electron chi connectivity index (χ4n) is 0.925. The lowest BCUT2D eigenvalue weighted by molar-refractivity contribution is -0.418. The van der Waals surface area contributed by atoms with Crippen LogP contribution in [0, 0.1) is 10.1 Å². The first-order valence-electron chi connectivity index (χ1n) is 4.86. The van der Waals surface area contributed by atoms with Crippen LogP contribution in [0.25, 0.3) is 0 Å². The van der Waals surface area contributed by atoms with E-state index in [-0.39, 0.29) is 17.9 Å². The lowest BCUT2D eigenvalue weighted by Gasteiger charge is -2.19. The van der Waals surface area contributed by atoms with E-state index in [1.807, 2.05) is 0 Å². The quantitative estimate of drug-likeness (QED) is 0.389. The zero-order valence-corrected chi connectivity index (χ0v) is 9.90. The van der Waals surface area contributed by atoms with Crippen LogP contribution in [0.15, 0.2) is 36.5 Å². The Morgan fingerprint density at radius 1 is 1.53 bits per heavy atom. The van der Waals surface area contributed by atoms with E-state index in [1.165, 1.54) is 11.8 Å². The minimum Gasteiger partial charge on any atom is -0.372 e. The number of nitrogens with zero attached hydrogens (tertiary/aromatic N) is 2. The summed E-state index contributed by atoms with van der Waals surface area (Å²) in [5.41, 5.74) is -0.571. The molecular formula is C11H15FN2O3. The maximum atomic E-state index is 13.5. The summed E-state index contributed by atoms with van der Waals surface area (Å²) in [6.07, 6.45) is 0.964. The average Bonchev–Trinajstić information content (AvgIpc) is 2.24. The molecule has 0 radical (unpaired) electrons. The summed E-state index contributed by atoms with van der Waals surface area (Å²) in [7, 11) is 1.55. The second kappa shape index (κ2) is 6.57. The molecule has 0 rings (SSSR count). The van der Waals surface area contributed by atoms with Crippen LogP contribution in [0.4, 0.5) is 4.39 Å². The van der Waals surface area contributed by atoms with Gasteiger partial charge in [-0.05, 0) is 13.5 Å². The Morgan fingerprint density at radius 2 is 2.06 bits per heavy atom. The van der Waals surface area contributed by atoms with E-state index in [0.717, 1.165) is 0 Å². The summed E-state index contributed by atoms with van der Waals surface area (Å²) in [6.45, 7) is 8.27. The van der Waals surface area contributed by atoms with Crippen molar-refractivity contribution in [1.29, 1.82) is 0 Å². The van der Waals surface area contributed by atoms with Crippen molar-refractivity contribution in [2.45, 2.75) is 13.3 Å². The molecule has 0 bridgehead atoms. The molecule has 0 aromatic heterocycles. The Labute approximate surface area is 99.1 Å². The predicted molar refractivity (Wildman–Crippen MR) is 62.4 cm³/mol. The predicted octanol–water partition coefficient (Wildman–Crippen LogP) is 2.05. The fourth-order valence-corrected chi connectivity index (χ4v) is 0.925. The third kappa shape index (κ3) is 5.60. The summed E-state index contributed by atoms with van der Waals surface area (Å²) >= 11 is 0. The summed E-state index contributed by atoms with van der Waals surface area (Å²) in [4.78, 5) is 21.6. The Hall–Kier alpha value is -1.98. The highest BCUT2D eigenvalue weighted by Crippen LogP contribution is 2.15. The van der Waals surface area contributed by atoms with Crippen LogP contribution in [0.5, 0.6) is 0 Å². The molecule has 5 nitrogen and oxygen atoms in total. The zero-order valence-electron chi connectivity index (χ0n) is 9.90. The van der Waals surface area contributed by atoms with Crippen molar-refractivity contribution in [1.82, 2.24) is 4.90 Å². The molecule has 0 fully saturated rings. The average molecular weight is 242 g/mol. The first-order valence-corrected chi connectivity index (χ1v) is 4.86. The molecule has 94 valence electrons. The third-order valence-corrected chi connectivity index (χ3v) is 2.06. The lowest BCUT2D eigenvalue weighted by atomic mass is 10.2. The summed E-state index contributed by atoms with van der Waals surface area (Å²) in [6, 6.07) is 0. The van der Waals surface area contributed by atoms with Crippen LogP contribution < -0.4 is 0 Å². The topological polar surface area (TPSA) is 63.5 Å². The lowest BCUT2D eigenvalue weighted by Crippen LogP contribution is -2.20. The van der Waals surface area contributed by atoms with E-state index in [9.17, 15) is 19.3 Å². The van der Waals surface area contributed by atoms with E-state index >= 15 is 0 Å². The van der Waals surface area contributed by atoms with Gasteiger partial charge in [0.25, 0.3) is 5.70 Å². The number of nitro groups is 1. The molecule has 0 aliphatic heterocycles. The van der Waals surface area contributed by atoms with E-state index in [4.69, 9.17) is 0 Å². The molecule has 0 aromatic carbocycles. The minimum atomic E-state index is -0.835. The largest absolute Gasteiger partial charge is 0.372 e. The molecule has 0 saturated carbocycles. The smallest absolute Gasteiger partial charge is 0.265 e. The maximum absolute atomic E-state index is 13.5. The number of carbonyl (C=O) groups excluding carboxylic acids is 1. The van der Waals surface area contributed by atoms with Crippen LogP contribution in [-0.2, 0) is 4.79 Å². The van der Waals surface area contributed by atoms with Crippen molar-refractivity contribution in [2.24, 2.45) is 0 Å². The number of hydrogen-bond acceptors (Lipinski definition) is 4. The van der Waals surface area contributed by atoms with Crippen molar-refractivity contribution < 1.29 is 14.1 Å². The molecule has 0 N–H and O–H groups in total. The molecule has 0 heterocycles. The van der Waals surface area contributed by atoms with Crippen LogP contribution in [0.3, 0.4) is 0 Å². The van der Waals surface area contributed by atoms with Crippen molar-refractivity contribution in [3.63, 3.8) is 0 Å². The van der Waals surface area contributed by atoms with Gasteiger partial charge in [0.2, 0.25) is 0 Å². The minimum absolute atomic E-state index is 0.0192. The Balaban J connectivity index is 4.54. The van der Waals surface area contributed by atoms with Gasteiger partial charge in [0, 0.05) is 20.0 Å². The van der Waals surface area contributed by atoms with Crippen molar-refractivity contribution in [2.75, 3.05) is 13.6 Å². The fraction of sp³-hybridized carbons (Fsp3) is 0.364. The van der Waals surface area contributed by atoms with E-state index in [2.05, 4.69) is 13.2 Å². The van der Waals surface area contributed by atoms with E-state index in [1.54, 1.807) is 7.05 Å². The van der Waals surface area contributed by atoms with Gasteiger partial charge in [-0.1, -0.05) is 6.58 Å². The Kier molecular flexibility index (Phi) is 5.80. The normalized spacial score (nSPS) is 10.9. The van der Waals surface area contributed by atoms with Crippen LogP contribution >= 0.6 is 0 Å². The summed E-state index contributed by atoms with van der Waals surface area (Å²) < 4.78 is 13.5. The highest BCUT2D eigenvalue weighted by molar-refractivity contribution is 5.75. The molecule has 0 aromatic rings. The molecular weight excluding hydrogens is 227 g/mol. The van der Waals surface area contributed by atoms with Gasteiger partial charge < -0.3 is 4.90 Å². The van der Waals surface area contributed by atoms with Crippen molar-refractivity contribution in [3.8, 4) is 0 Å². The van der Waals surface area contributed by atoms with Crippen molar-refractivity contribution >= 4 is 5.78 Å². The van der Waals surface area contributed by atoms with Gasteiger partial charge in [0.05, 0.1) is 16.7 Å². The van der Waals surface area contributed by atoms with Gasteiger partial charge in [0.15, 0.2) is 5.83 Å². The van der Waals surface area contributed by atoms with Crippen LogP contribution in [-0.4, -0.2) is 29.2 Å². The molecule has 6 heteroatoms. The van der Waals surface area contributed by atoms with Crippen LogP contribution in [0.1, 0.15) is 13.3 Å².